The monoisotopic (exact) mass is 362 g/mol. The molecule has 0 aliphatic heterocycles. The molecular weight excluding hydrogens is 340 g/mol. The van der Waals surface area contributed by atoms with Crippen molar-refractivity contribution in [3.8, 4) is 16.9 Å². The van der Waals surface area contributed by atoms with Crippen LogP contribution in [0.25, 0.3) is 11.1 Å². The zero-order chi connectivity index (χ0) is 19.2. The Bertz CT molecular complexity index is 937. The van der Waals surface area contributed by atoms with Gasteiger partial charge in [-0.15, -0.1) is 0 Å². The van der Waals surface area contributed by atoms with Crippen LogP contribution in [0.1, 0.15) is 15.9 Å². The third-order valence-corrected chi connectivity index (χ3v) is 4.31. The number of aliphatic hydroxyl groups is 1. The van der Waals surface area contributed by atoms with E-state index in [1.807, 2.05) is 36.4 Å². The Balaban J connectivity index is 1.84. The van der Waals surface area contributed by atoms with Crippen LogP contribution in [0, 0.1) is 0 Å². The van der Waals surface area contributed by atoms with Crippen molar-refractivity contribution in [2.45, 2.75) is 6.42 Å². The first-order valence-corrected chi connectivity index (χ1v) is 8.66. The number of anilines is 2. The number of carbonyl (C=O) groups is 1. The van der Waals surface area contributed by atoms with Gasteiger partial charge in [0.1, 0.15) is 5.75 Å². The number of nitrogen functional groups attached to an aromatic ring is 1. The third-order valence-electron chi connectivity index (χ3n) is 4.31. The second-order valence-corrected chi connectivity index (χ2v) is 6.16. The van der Waals surface area contributed by atoms with Gasteiger partial charge in [0.05, 0.1) is 18.5 Å². The number of methoxy groups -OCH3 is 1. The Morgan fingerprint density at radius 3 is 2.48 bits per heavy atom. The van der Waals surface area contributed by atoms with Crippen molar-refractivity contribution in [3.05, 3.63) is 77.9 Å². The van der Waals surface area contributed by atoms with Crippen LogP contribution < -0.4 is 15.8 Å². The molecule has 0 atom stereocenters. The van der Waals surface area contributed by atoms with Gasteiger partial charge in [-0.1, -0.05) is 30.3 Å². The quantitative estimate of drug-likeness (QED) is 0.583. The van der Waals surface area contributed by atoms with Crippen molar-refractivity contribution in [3.63, 3.8) is 0 Å². The van der Waals surface area contributed by atoms with Crippen LogP contribution in [0.15, 0.2) is 66.7 Å². The van der Waals surface area contributed by atoms with E-state index >= 15 is 0 Å². The summed E-state index contributed by atoms with van der Waals surface area (Å²) >= 11 is 0. The summed E-state index contributed by atoms with van der Waals surface area (Å²) in [5.41, 5.74) is 10.6. The lowest BCUT2D eigenvalue weighted by atomic mass is 10.0. The summed E-state index contributed by atoms with van der Waals surface area (Å²) in [6, 6.07) is 20.4. The van der Waals surface area contributed by atoms with Crippen molar-refractivity contribution < 1.29 is 14.6 Å². The summed E-state index contributed by atoms with van der Waals surface area (Å²) in [7, 11) is 1.58. The van der Waals surface area contributed by atoms with Gasteiger partial charge in [-0.3, -0.25) is 4.79 Å². The molecule has 138 valence electrons. The predicted octanol–water partition coefficient (Wildman–Crippen LogP) is 3.73. The highest BCUT2D eigenvalue weighted by atomic mass is 16.5. The average molecular weight is 362 g/mol. The number of hydrogen-bond donors (Lipinski definition) is 3. The highest BCUT2D eigenvalue weighted by molar-refractivity contribution is 6.06. The lowest BCUT2D eigenvalue weighted by Crippen LogP contribution is -2.13. The number of nitrogens with one attached hydrogen (secondary N) is 1. The SMILES string of the molecule is COc1ccc(C(=O)Nc2cc(-c3cccc(CCO)c3)ccc2N)cc1. The van der Waals surface area contributed by atoms with Gasteiger partial charge in [-0.05, 0) is 59.5 Å². The number of hydrogen-bond acceptors (Lipinski definition) is 4. The molecule has 0 unspecified atom stereocenters. The molecule has 5 heteroatoms. The van der Waals surface area contributed by atoms with Crippen LogP contribution >= 0.6 is 0 Å². The first-order chi connectivity index (χ1) is 13.1. The topological polar surface area (TPSA) is 84.6 Å². The van der Waals surface area contributed by atoms with E-state index in [2.05, 4.69) is 5.32 Å². The first kappa shape index (κ1) is 18.5. The minimum absolute atomic E-state index is 0.106. The van der Waals surface area contributed by atoms with Crippen molar-refractivity contribution in [1.29, 1.82) is 0 Å². The molecule has 3 rings (SSSR count). The van der Waals surface area contributed by atoms with Crippen LogP contribution in [0.2, 0.25) is 0 Å². The summed E-state index contributed by atoms with van der Waals surface area (Å²) in [6.45, 7) is 0.106. The van der Waals surface area contributed by atoms with Crippen molar-refractivity contribution in [2.24, 2.45) is 0 Å². The lowest BCUT2D eigenvalue weighted by Gasteiger charge is -2.12. The van der Waals surface area contributed by atoms with E-state index < -0.39 is 0 Å². The second-order valence-electron chi connectivity index (χ2n) is 6.16. The molecule has 0 aliphatic carbocycles. The van der Waals surface area contributed by atoms with Gasteiger partial charge in [-0.25, -0.2) is 0 Å². The molecule has 0 aliphatic rings. The molecule has 0 bridgehead atoms. The summed E-state index contributed by atoms with van der Waals surface area (Å²) < 4.78 is 5.11. The molecule has 0 fully saturated rings. The lowest BCUT2D eigenvalue weighted by molar-refractivity contribution is 0.102. The van der Waals surface area contributed by atoms with Crippen molar-refractivity contribution in [1.82, 2.24) is 0 Å². The van der Waals surface area contributed by atoms with E-state index in [0.717, 1.165) is 16.7 Å². The van der Waals surface area contributed by atoms with Crippen LogP contribution in [0.4, 0.5) is 11.4 Å². The minimum atomic E-state index is -0.240. The van der Waals surface area contributed by atoms with Crippen LogP contribution in [0.3, 0.4) is 0 Å². The number of amides is 1. The van der Waals surface area contributed by atoms with Gasteiger partial charge in [0, 0.05) is 12.2 Å². The molecule has 0 radical (unpaired) electrons. The molecule has 3 aromatic rings. The number of aliphatic hydroxyl groups excluding tert-OH is 1. The number of ether oxygens (including phenoxy) is 1. The van der Waals surface area contributed by atoms with Crippen molar-refractivity contribution in [2.75, 3.05) is 24.8 Å². The first-order valence-electron chi connectivity index (χ1n) is 8.66. The van der Waals surface area contributed by atoms with Gasteiger partial charge >= 0.3 is 0 Å². The maximum absolute atomic E-state index is 12.5. The number of nitrogens with two attached hydrogens (primary N) is 1. The maximum atomic E-state index is 12.5. The summed E-state index contributed by atoms with van der Waals surface area (Å²) in [5, 5.41) is 12.0. The van der Waals surface area contributed by atoms with Gasteiger partial charge in [0.15, 0.2) is 0 Å². The zero-order valence-corrected chi connectivity index (χ0v) is 15.1. The smallest absolute Gasteiger partial charge is 0.255 e. The second kappa shape index (κ2) is 8.38. The Morgan fingerprint density at radius 2 is 1.78 bits per heavy atom. The molecule has 3 aromatic carbocycles. The molecule has 27 heavy (non-hydrogen) atoms. The normalized spacial score (nSPS) is 10.4. The van der Waals surface area contributed by atoms with E-state index in [1.54, 1.807) is 37.4 Å². The fourth-order valence-electron chi connectivity index (χ4n) is 2.82. The highest BCUT2D eigenvalue weighted by Gasteiger charge is 2.10. The van der Waals surface area contributed by atoms with E-state index in [1.165, 1.54) is 0 Å². The third kappa shape index (κ3) is 4.46. The molecular formula is C22H22N2O3. The Labute approximate surface area is 158 Å². The maximum Gasteiger partial charge on any atom is 0.255 e. The molecule has 0 saturated carbocycles. The fourth-order valence-corrected chi connectivity index (χ4v) is 2.82. The van der Waals surface area contributed by atoms with Crippen LogP contribution in [-0.2, 0) is 6.42 Å². The largest absolute Gasteiger partial charge is 0.497 e. The van der Waals surface area contributed by atoms with E-state index in [0.29, 0.717) is 29.1 Å². The van der Waals surface area contributed by atoms with Gasteiger partial charge in [0.2, 0.25) is 0 Å². The fraction of sp³-hybridized carbons (Fsp3) is 0.136. The number of rotatable bonds is 6. The molecule has 0 spiro atoms. The molecule has 5 nitrogen and oxygen atoms in total. The summed E-state index contributed by atoms with van der Waals surface area (Å²) in [5.74, 6) is 0.450. The Morgan fingerprint density at radius 1 is 1.04 bits per heavy atom. The minimum Gasteiger partial charge on any atom is -0.497 e. The van der Waals surface area contributed by atoms with Crippen molar-refractivity contribution >= 4 is 17.3 Å². The molecule has 0 heterocycles. The van der Waals surface area contributed by atoms with E-state index in [4.69, 9.17) is 15.6 Å². The van der Waals surface area contributed by atoms with Crippen LogP contribution in [0.5, 0.6) is 5.75 Å². The molecule has 0 aromatic heterocycles. The zero-order valence-electron chi connectivity index (χ0n) is 15.1. The Kier molecular flexibility index (Phi) is 5.74. The van der Waals surface area contributed by atoms with E-state index in [9.17, 15) is 4.79 Å². The molecule has 0 saturated heterocycles. The van der Waals surface area contributed by atoms with Gasteiger partial charge < -0.3 is 20.9 Å². The Hall–Kier alpha value is -3.31. The van der Waals surface area contributed by atoms with Gasteiger partial charge in [0.25, 0.3) is 5.91 Å². The van der Waals surface area contributed by atoms with Crippen LogP contribution in [-0.4, -0.2) is 24.7 Å². The average Bonchev–Trinajstić information content (AvgIpc) is 2.70. The van der Waals surface area contributed by atoms with Gasteiger partial charge in [-0.2, -0.15) is 0 Å². The number of benzene rings is 3. The van der Waals surface area contributed by atoms with E-state index in [-0.39, 0.29) is 12.5 Å². The highest BCUT2D eigenvalue weighted by Crippen LogP contribution is 2.28. The summed E-state index contributed by atoms with van der Waals surface area (Å²) in [4.78, 5) is 12.5. The molecule has 4 N–H and O–H groups in total. The molecule has 1 amide bonds. The number of carbonyl (C=O) groups excluding carboxylic acids is 1. The standard InChI is InChI=1S/C22H22N2O3/c1-27-19-8-5-16(6-9-19)22(26)24-21-14-18(7-10-20(21)23)17-4-2-3-15(13-17)11-12-25/h2-10,13-14,25H,11-12,23H2,1H3,(H,24,26). The summed E-state index contributed by atoms with van der Waals surface area (Å²) in [6.07, 6.45) is 0.601. The predicted molar refractivity (Wildman–Crippen MR) is 108 cm³/mol.